The number of benzene rings is 2. The minimum absolute atomic E-state index is 0.0429. The van der Waals surface area contributed by atoms with Crippen LogP contribution in [0.15, 0.2) is 46.3 Å². The largest absolute Gasteiger partial charge is 0.497 e. The number of rotatable bonds is 9. The highest BCUT2D eigenvalue weighted by atomic mass is 32.2. The molecule has 3 rings (SSSR count). The second-order valence-electron chi connectivity index (χ2n) is 9.49. The van der Waals surface area contributed by atoms with Crippen LogP contribution in [0.25, 0.3) is 0 Å². The fourth-order valence-electron chi connectivity index (χ4n) is 4.42. The Morgan fingerprint density at radius 3 is 2.19 bits per heavy atom. The van der Waals surface area contributed by atoms with Crippen LogP contribution in [0.5, 0.6) is 5.75 Å². The first-order valence-electron chi connectivity index (χ1n) is 12.3. The van der Waals surface area contributed by atoms with Crippen LogP contribution in [0.2, 0.25) is 0 Å². The Kier molecular flexibility index (Phi) is 9.96. The zero-order chi connectivity index (χ0) is 27.1. The molecule has 10 heteroatoms. The summed E-state index contributed by atoms with van der Waals surface area (Å²) in [5.41, 5.74) is 9.73. The van der Waals surface area contributed by atoms with E-state index in [9.17, 15) is 13.8 Å². The molecule has 1 aliphatic heterocycles. The van der Waals surface area contributed by atoms with Gasteiger partial charge in [0.15, 0.2) is 0 Å². The van der Waals surface area contributed by atoms with Gasteiger partial charge in [-0.25, -0.2) is 8.51 Å². The summed E-state index contributed by atoms with van der Waals surface area (Å²) in [7, 11) is 3.21. The van der Waals surface area contributed by atoms with Crippen LogP contribution in [-0.4, -0.2) is 76.8 Å². The molecule has 37 heavy (non-hydrogen) atoms. The summed E-state index contributed by atoms with van der Waals surface area (Å²) >= 11 is 0. The topological polar surface area (TPSA) is 109 Å². The lowest BCUT2D eigenvalue weighted by molar-refractivity contribution is -0.143. The van der Waals surface area contributed by atoms with E-state index in [1.807, 2.05) is 38.1 Å². The standard InChI is InChI=1S/C27H37N5O4S/c1-19-14-23(36-5)15-20(2)25(19)37(35)31(4)18-24(28)29-26(33)27(34)30(3)16-21-8-10-22(11-9-21)17-32-12-6-7-13-32/h8-11,14-15H,6-7,12-13,16-18H2,1-5H3,(H2,28,29,33). The molecule has 1 unspecified atom stereocenters. The van der Waals surface area contributed by atoms with Gasteiger partial charge in [0.2, 0.25) is 0 Å². The first kappa shape index (κ1) is 28.5. The zero-order valence-electron chi connectivity index (χ0n) is 22.3. The lowest BCUT2D eigenvalue weighted by Crippen LogP contribution is -2.36. The average molecular weight is 528 g/mol. The molecular weight excluding hydrogens is 490 g/mol. The Balaban J connectivity index is 1.56. The van der Waals surface area contributed by atoms with Crippen LogP contribution in [0.3, 0.4) is 0 Å². The molecular formula is C27H37N5O4S. The summed E-state index contributed by atoms with van der Waals surface area (Å²) in [5.74, 6) is -1.11. The van der Waals surface area contributed by atoms with Crippen LogP contribution < -0.4 is 10.5 Å². The van der Waals surface area contributed by atoms with Gasteiger partial charge in [0.05, 0.1) is 18.6 Å². The van der Waals surface area contributed by atoms with Crippen molar-refractivity contribution in [2.45, 2.75) is 44.7 Å². The normalized spacial score (nSPS) is 15.1. The fourth-order valence-corrected chi connectivity index (χ4v) is 5.65. The molecule has 0 saturated carbocycles. The number of aliphatic imine (C=N–C) groups is 1. The molecule has 1 atom stereocenters. The molecule has 2 amide bonds. The lowest BCUT2D eigenvalue weighted by Gasteiger charge is -2.19. The molecule has 2 aromatic carbocycles. The number of likely N-dealkylation sites (N-methyl/N-ethyl adjacent to an activating group) is 2. The second kappa shape index (κ2) is 12.9. The van der Waals surface area contributed by atoms with Gasteiger partial charge >= 0.3 is 11.8 Å². The van der Waals surface area contributed by atoms with E-state index in [0.29, 0.717) is 10.6 Å². The van der Waals surface area contributed by atoms with E-state index in [1.54, 1.807) is 21.2 Å². The molecule has 1 heterocycles. The number of carbonyl (C=O) groups is 2. The van der Waals surface area contributed by atoms with Crippen molar-refractivity contribution in [1.29, 1.82) is 0 Å². The molecule has 0 aromatic heterocycles. The van der Waals surface area contributed by atoms with E-state index < -0.39 is 22.8 Å². The molecule has 200 valence electrons. The first-order valence-corrected chi connectivity index (χ1v) is 13.4. The quantitative estimate of drug-likeness (QED) is 0.305. The Hall–Kier alpha value is -3.08. The highest BCUT2D eigenvalue weighted by Gasteiger charge is 2.21. The number of likely N-dealkylation sites (tertiary alicyclic amines) is 1. The van der Waals surface area contributed by atoms with E-state index in [-0.39, 0.29) is 18.9 Å². The Morgan fingerprint density at radius 1 is 1.05 bits per heavy atom. The highest BCUT2D eigenvalue weighted by Crippen LogP contribution is 2.25. The van der Waals surface area contributed by atoms with Crippen molar-refractivity contribution in [3.63, 3.8) is 0 Å². The minimum atomic E-state index is -1.54. The predicted molar refractivity (Wildman–Crippen MR) is 146 cm³/mol. The Labute approximate surface area is 221 Å². The number of methoxy groups -OCH3 is 1. The molecule has 2 aromatic rings. The maximum absolute atomic E-state index is 13.1. The minimum Gasteiger partial charge on any atom is -0.497 e. The van der Waals surface area contributed by atoms with E-state index in [2.05, 4.69) is 22.0 Å². The molecule has 9 nitrogen and oxygen atoms in total. The molecule has 0 spiro atoms. The van der Waals surface area contributed by atoms with Gasteiger partial charge in [0, 0.05) is 27.2 Å². The summed E-state index contributed by atoms with van der Waals surface area (Å²) in [4.78, 5) is 33.2. The van der Waals surface area contributed by atoms with Gasteiger partial charge in [-0.05, 0) is 74.2 Å². The number of aryl methyl sites for hydroxylation is 2. The predicted octanol–water partition coefficient (Wildman–Crippen LogP) is 2.40. The molecule has 1 fully saturated rings. The van der Waals surface area contributed by atoms with Crippen molar-refractivity contribution >= 4 is 28.6 Å². The third-order valence-electron chi connectivity index (χ3n) is 6.33. The fraction of sp³-hybridized carbons (Fsp3) is 0.444. The van der Waals surface area contributed by atoms with Crippen molar-refractivity contribution in [3.05, 3.63) is 58.7 Å². The van der Waals surface area contributed by atoms with Crippen molar-refractivity contribution in [3.8, 4) is 5.75 Å². The van der Waals surface area contributed by atoms with Crippen molar-refractivity contribution in [1.82, 2.24) is 14.1 Å². The maximum Gasteiger partial charge on any atom is 0.336 e. The molecule has 0 aliphatic carbocycles. The number of hydrogen-bond donors (Lipinski definition) is 1. The molecule has 0 radical (unpaired) electrons. The number of amides is 2. The van der Waals surface area contributed by atoms with E-state index in [4.69, 9.17) is 10.5 Å². The van der Waals surface area contributed by atoms with Gasteiger partial charge in [-0.1, -0.05) is 24.3 Å². The number of nitrogens with two attached hydrogens (primary N) is 1. The zero-order valence-corrected chi connectivity index (χ0v) is 23.1. The van der Waals surface area contributed by atoms with Gasteiger partial charge in [0.1, 0.15) is 22.6 Å². The van der Waals surface area contributed by atoms with Gasteiger partial charge in [-0.15, -0.1) is 0 Å². The van der Waals surface area contributed by atoms with Gasteiger partial charge in [-0.3, -0.25) is 14.5 Å². The summed E-state index contributed by atoms with van der Waals surface area (Å²) in [6, 6.07) is 11.7. The van der Waals surface area contributed by atoms with E-state index >= 15 is 0 Å². The van der Waals surface area contributed by atoms with Gasteiger partial charge in [0.25, 0.3) is 0 Å². The molecule has 1 saturated heterocycles. The molecule has 1 aliphatic rings. The van der Waals surface area contributed by atoms with Crippen molar-refractivity contribution in [2.24, 2.45) is 10.7 Å². The Bertz CT molecular complexity index is 1150. The molecule has 2 N–H and O–H groups in total. The highest BCUT2D eigenvalue weighted by molar-refractivity contribution is 7.82. The first-order chi connectivity index (χ1) is 17.6. The van der Waals surface area contributed by atoms with Crippen LogP contribution in [0, 0.1) is 13.8 Å². The van der Waals surface area contributed by atoms with Crippen LogP contribution in [-0.2, 0) is 33.7 Å². The summed E-state index contributed by atoms with van der Waals surface area (Å²) < 4.78 is 19.8. The number of ether oxygens (including phenoxy) is 1. The van der Waals surface area contributed by atoms with Crippen molar-refractivity contribution < 1.29 is 18.5 Å². The third kappa shape index (κ3) is 7.70. The Morgan fingerprint density at radius 2 is 1.62 bits per heavy atom. The molecule has 0 bridgehead atoms. The van der Waals surface area contributed by atoms with Crippen LogP contribution >= 0.6 is 0 Å². The number of hydrogen-bond acceptors (Lipinski definition) is 5. The van der Waals surface area contributed by atoms with Crippen molar-refractivity contribution in [2.75, 3.05) is 40.8 Å². The average Bonchev–Trinajstić information content (AvgIpc) is 3.36. The lowest BCUT2D eigenvalue weighted by atomic mass is 10.1. The van der Waals surface area contributed by atoms with Crippen LogP contribution in [0.1, 0.15) is 35.1 Å². The smallest absolute Gasteiger partial charge is 0.336 e. The van der Waals surface area contributed by atoms with Gasteiger partial charge in [-0.2, -0.15) is 4.99 Å². The number of amidine groups is 1. The van der Waals surface area contributed by atoms with E-state index in [0.717, 1.165) is 36.3 Å². The second-order valence-corrected chi connectivity index (χ2v) is 11.0. The number of carbonyl (C=O) groups excluding carboxylic acids is 2. The number of nitrogens with zero attached hydrogens (tertiary/aromatic N) is 4. The monoisotopic (exact) mass is 527 g/mol. The third-order valence-corrected chi connectivity index (χ3v) is 8.02. The van der Waals surface area contributed by atoms with Gasteiger partial charge < -0.3 is 15.4 Å². The van der Waals surface area contributed by atoms with Crippen LogP contribution in [0.4, 0.5) is 0 Å². The SMILES string of the molecule is COc1cc(C)c(S(=O)N(C)CC(N)=NC(=O)C(=O)N(C)Cc2ccc(CN3CCCC3)cc2)c(C)c1. The summed E-state index contributed by atoms with van der Waals surface area (Å²) in [6.07, 6.45) is 2.50. The van der Waals surface area contributed by atoms with E-state index in [1.165, 1.54) is 27.6 Å². The maximum atomic E-state index is 13.1. The summed E-state index contributed by atoms with van der Waals surface area (Å²) in [5, 5.41) is 0. The summed E-state index contributed by atoms with van der Waals surface area (Å²) in [6.45, 7) is 7.15.